The standard InChI is InChI=1S/C18H18F2N2O5S2/c1-17(2,13-7-5-11(21(23)24)9-15(13)19)28-27-29-18(3,4)14-8-6-12(22(25)26)10-16(14)20/h5-10H,1-4H3. The fourth-order valence-corrected chi connectivity index (χ4v) is 4.50. The third-order valence-electron chi connectivity index (χ3n) is 4.11. The van der Waals surface area contributed by atoms with Crippen LogP contribution in [0.2, 0.25) is 0 Å². The Morgan fingerprint density at radius 1 is 0.793 bits per heavy atom. The number of nitro groups is 2. The number of non-ortho nitro benzene ring substituents is 2. The lowest BCUT2D eigenvalue weighted by Crippen LogP contribution is -2.17. The largest absolute Gasteiger partial charge is 0.272 e. The first-order valence-corrected chi connectivity index (χ1v) is 9.76. The average Bonchev–Trinajstić information content (AvgIpc) is 2.60. The highest BCUT2D eigenvalue weighted by atomic mass is 32.2. The van der Waals surface area contributed by atoms with Gasteiger partial charge in [-0.05, 0) is 39.8 Å². The minimum absolute atomic E-state index is 0.216. The van der Waals surface area contributed by atoms with Gasteiger partial charge in [-0.25, -0.2) is 12.4 Å². The molecule has 0 unspecified atom stereocenters. The van der Waals surface area contributed by atoms with E-state index in [0.29, 0.717) is 0 Å². The summed E-state index contributed by atoms with van der Waals surface area (Å²) in [6.45, 7) is 6.73. The summed E-state index contributed by atoms with van der Waals surface area (Å²) < 4.78 is 32.4. The number of rotatable bonds is 8. The van der Waals surface area contributed by atoms with Crippen molar-refractivity contribution in [1.82, 2.24) is 0 Å². The molecule has 29 heavy (non-hydrogen) atoms. The number of hydrogen-bond donors (Lipinski definition) is 0. The van der Waals surface area contributed by atoms with Crippen molar-refractivity contribution in [2.24, 2.45) is 0 Å². The molecule has 0 saturated carbocycles. The zero-order chi connectivity index (χ0) is 22.0. The van der Waals surface area contributed by atoms with Crippen molar-refractivity contribution in [1.29, 1.82) is 0 Å². The minimum Gasteiger partial charge on any atom is -0.258 e. The van der Waals surface area contributed by atoms with E-state index in [1.807, 2.05) is 0 Å². The average molecular weight is 444 g/mol. The molecule has 11 heteroatoms. The van der Waals surface area contributed by atoms with Crippen LogP contribution in [0.25, 0.3) is 0 Å². The molecule has 7 nitrogen and oxygen atoms in total. The second-order valence-electron chi connectivity index (χ2n) is 7.10. The van der Waals surface area contributed by atoms with E-state index in [9.17, 15) is 29.0 Å². The van der Waals surface area contributed by atoms with Gasteiger partial charge in [0.1, 0.15) is 11.6 Å². The van der Waals surface area contributed by atoms with E-state index in [4.69, 9.17) is 3.63 Å². The first-order chi connectivity index (χ1) is 13.3. The van der Waals surface area contributed by atoms with Crippen molar-refractivity contribution < 1.29 is 22.3 Å². The molecule has 2 aromatic rings. The van der Waals surface area contributed by atoms with Gasteiger partial charge in [0.05, 0.1) is 31.5 Å². The predicted octanol–water partition coefficient (Wildman–Crippen LogP) is 6.26. The fourth-order valence-electron chi connectivity index (χ4n) is 2.49. The second kappa shape index (κ2) is 8.64. The number of nitro benzene ring substituents is 2. The summed E-state index contributed by atoms with van der Waals surface area (Å²) in [5.74, 6) is -1.46. The van der Waals surface area contributed by atoms with Gasteiger partial charge in [0, 0.05) is 47.3 Å². The summed E-state index contributed by atoms with van der Waals surface area (Å²) in [5.41, 5.74) is -0.268. The summed E-state index contributed by atoms with van der Waals surface area (Å²) in [7, 11) is 0. The van der Waals surface area contributed by atoms with Crippen LogP contribution in [0.3, 0.4) is 0 Å². The lowest BCUT2D eigenvalue weighted by molar-refractivity contribution is -0.385. The van der Waals surface area contributed by atoms with Crippen molar-refractivity contribution >= 4 is 35.5 Å². The van der Waals surface area contributed by atoms with Gasteiger partial charge >= 0.3 is 0 Å². The SMILES string of the molecule is CC(C)(SOSC(C)(C)c1ccc([N+](=O)[O-])cc1F)c1ccc([N+](=O)[O-])cc1F. The zero-order valence-corrected chi connectivity index (χ0v) is 17.6. The molecule has 0 atom stereocenters. The van der Waals surface area contributed by atoms with Gasteiger partial charge in [0.25, 0.3) is 11.4 Å². The van der Waals surface area contributed by atoms with Gasteiger partial charge in [0.15, 0.2) is 0 Å². The van der Waals surface area contributed by atoms with Crippen LogP contribution in [0.4, 0.5) is 20.2 Å². The highest BCUT2D eigenvalue weighted by molar-refractivity contribution is 8.08. The number of hydrogen-bond acceptors (Lipinski definition) is 7. The van der Waals surface area contributed by atoms with Gasteiger partial charge in [-0.2, -0.15) is 0 Å². The third kappa shape index (κ3) is 5.43. The van der Waals surface area contributed by atoms with E-state index < -0.39 is 31.0 Å². The number of nitrogens with zero attached hydrogens (tertiary/aromatic N) is 2. The summed E-state index contributed by atoms with van der Waals surface area (Å²) >= 11 is 1.84. The highest BCUT2D eigenvalue weighted by Crippen LogP contribution is 2.46. The summed E-state index contributed by atoms with van der Waals surface area (Å²) in [4.78, 5) is 20.1. The molecule has 0 saturated heterocycles. The van der Waals surface area contributed by atoms with Crippen molar-refractivity contribution in [2.75, 3.05) is 0 Å². The second-order valence-corrected chi connectivity index (χ2v) is 10.0. The Kier molecular flexibility index (Phi) is 6.86. The fraction of sp³-hybridized carbons (Fsp3) is 0.333. The van der Waals surface area contributed by atoms with Crippen LogP contribution >= 0.6 is 24.1 Å². The molecule has 0 aliphatic carbocycles. The Morgan fingerprint density at radius 2 is 1.14 bits per heavy atom. The zero-order valence-electron chi connectivity index (χ0n) is 16.0. The molecule has 0 aromatic heterocycles. The Bertz CT molecular complexity index is 878. The molecule has 0 bridgehead atoms. The molecule has 0 N–H and O–H groups in total. The maximum Gasteiger partial charge on any atom is 0.272 e. The summed E-state index contributed by atoms with van der Waals surface area (Å²) in [6, 6.07) is 6.78. The van der Waals surface area contributed by atoms with Crippen LogP contribution in [-0.2, 0) is 13.1 Å². The maximum absolute atomic E-state index is 14.3. The monoisotopic (exact) mass is 444 g/mol. The molecule has 0 amide bonds. The van der Waals surface area contributed by atoms with E-state index in [-0.39, 0.29) is 22.5 Å². The van der Waals surface area contributed by atoms with E-state index in [1.165, 1.54) is 24.3 Å². The molecule has 156 valence electrons. The quantitative estimate of drug-likeness (QED) is 0.269. The summed E-state index contributed by atoms with van der Waals surface area (Å²) in [6.07, 6.45) is 0. The number of benzene rings is 2. The third-order valence-corrected chi connectivity index (χ3v) is 5.93. The van der Waals surface area contributed by atoms with Gasteiger partial charge in [-0.1, -0.05) is 0 Å². The van der Waals surface area contributed by atoms with Crippen molar-refractivity contribution in [3.63, 3.8) is 0 Å². The molecule has 0 spiro atoms. The van der Waals surface area contributed by atoms with Crippen molar-refractivity contribution in [3.05, 3.63) is 79.4 Å². The Morgan fingerprint density at radius 3 is 1.41 bits per heavy atom. The molecule has 2 rings (SSSR count). The van der Waals surface area contributed by atoms with Gasteiger partial charge in [-0.3, -0.25) is 20.2 Å². The predicted molar refractivity (Wildman–Crippen MR) is 108 cm³/mol. The van der Waals surface area contributed by atoms with E-state index in [1.54, 1.807) is 27.7 Å². The molecule has 0 aliphatic rings. The number of halogens is 2. The highest BCUT2D eigenvalue weighted by Gasteiger charge is 2.32. The molecule has 0 fully saturated rings. The Balaban J connectivity index is 2.11. The molecular formula is C18H18F2N2O5S2. The van der Waals surface area contributed by atoms with Gasteiger partial charge in [0.2, 0.25) is 0 Å². The van der Waals surface area contributed by atoms with E-state index in [2.05, 4.69) is 0 Å². The van der Waals surface area contributed by atoms with Crippen molar-refractivity contribution in [3.8, 4) is 0 Å². The maximum atomic E-state index is 14.3. The van der Waals surface area contributed by atoms with E-state index in [0.717, 1.165) is 36.2 Å². The minimum atomic E-state index is -0.893. The van der Waals surface area contributed by atoms with E-state index >= 15 is 0 Å². The smallest absolute Gasteiger partial charge is 0.258 e. The Labute approximate surface area is 174 Å². The lowest BCUT2D eigenvalue weighted by Gasteiger charge is -2.27. The van der Waals surface area contributed by atoms with Crippen LogP contribution in [0.1, 0.15) is 38.8 Å². The van der Waals surface area contributed by atoms with Crippen LogP contribution in [0.15, 0.2) is 36.4 Å². The van der Waals surface area contributed by atoms with Gasteiger partial charge in [-0.15, -0.1) is 0 Å². The molecular weight excluding hydrogens is 426 g/mol. The van der Waals surface area contributed by atoms with Crippen LogP contribution < -0.4 is 0 Å². The molecule has 0 radical (unpaired) electrons. The molecule has 0 heterocycles. The van der Waals surface area contributed by atoms with Crippen LogP contribution in [0.5, 0.6) is 0 Å². The van der Waals surface area contributed by atoms with Crippen molar-refractivity contribution in [2.45, 2.75) is 37.2 Å². The first-order valence-electron chi connectivity index (χ1n) is 8.27. The topological polar surface area (TPSA) is 95.5 Å². The normalized spacial score (nSPS) is 12.1. The summed E-state index contributed by atoms with van der Waals surface area (Å²) in [5, 5.41) is 21.5. The Hall–Kier alpha value is -2.24. The van der Waals surface area contributed by atoms with Crippen LogP contribution in [-0.4, -0.2) is 9.85 Å². The van der Waals surface area contributed by atoms with Crippen LogP contribution in [0, 0.1) is 31.9 Å². The lowest BCUT2D eigenvalue weighted by atomic mass is 10.0. The molecule has 0 aliphatic heterocycles. The van der Waals surface area contributed by atoms with Gasteiger partial charge < -0.3 is 0 Å². The first kappa shape index (κ1) is 23.0. The molecule has 2 aromatic carbocycles.